The molecular weight excluding hydrogens is 1090 g/mol. The third kappa shape index (κ3) is 69.9. The molecule has 0 heterocycles. The second-order valence-corrected chi connectivity index (χ2v) is 26.2. The van der Waals surface area contributed by atoms with Crippen molar-refractivity contribution in [1.82, 2.24) is 0 Å². The number of hydrogen-bond acceptors (Lipinski definition) is 7. The number of aliphatic carboxylic acids is 1. The van der Waals surface area contributed by atoms with Gasteiger partial charge in [0.2, 0.25) is 0 Å². The number of carboxylic acid groups (broad SMARTS) is 1. The SMILES string of the molecule is CC/C=C\C/C=C\C/C=C\C/C=C\C/C=C\C/C=C\C/C=C\CCCCCCCCCCCCCCCCCC(=O)OC(COC(=O)CCCCCCCCCCCCCCCCCCCCCCCCCCCC)COC(OCC[N+](C)(C)C)C(=O)O. The van der Waals surface area contributed by atoms with Gasteiger partial charge >= 0.3 is 17.9 Å². The highest BCUT2D eigenvalue weighted by molar-refractivity contribution is 5.71. The number of carbonyl (C=O) groups is 3. The number of quaternary nitrogens is 1. The Morgan fingerprint density at radius 3 is 0.966 bits per heavy atom. The van der Waals surface area contributed by atoms with Crippen molar-refractivity contribution in [2.75, 3.05) is 47.5 Å². The highest BCUT2D eigenvalue weighted by Crippen LogP contribution is 2.19. The fourth-order valence-corrected chi connectivity index (χ4v) is 10.8. The monoisotopic (exact) mass is 1230 g/mol. The first-order valence-electron chi connectivity index (χ1n) is 37.3. The van der Waals surface area contributed by atoms with Crippen LogP contribution in [0.4, 0.5) is 0 Å². The Morgan fingerprint density at radius 1 is 0.352 bits per heavy atom. The van der Waals surface area contributed by atoms with E-state index >= 15 is 0 Å². The molecule has 0 bridgehead atoms. The van der Waals surface area contributed by atoms with Gasteiger partial charge in [-0.15, -0.1) is 0 Å². The van der Waals surface area contributed by atoms with E-state index in [1.165, 1.54) is 231 Å². The first kappa shape index (κ1) is 84.5. The highest BCUT2D eigenvalue weighted by Gasteiger charge is 2.25. The number of esters is 2. The summed E-state index contributed by atoms with van der Waals surface area (Å²) in [5.74, 6) is -1.98. The highest BCUT2D eigenvalue weighted by atomic mass is 16.7. The number of likely N-dealkylation sites (N-methyl/N-ethyl adjacent to an activating group) is 1. The third-order valence-corrected chi connectivity index (χ3v) is 16.4. The van der Waals surface area contributed by atoms with E-state index in [-0.39, 0.29) is 32.2 Å². The van der Waals surface area contributed by atoms with Crippen molar-refractivity contribution in [2.24, 2.45) is 0 Å². The van der Waals surface area contributed by atoms with Gasteiger partial charge in [-0.25, -0.2) is 4.79 Å². The molecule has 2 unspecified atom stereocenters. The number of hydrogen-bond donors (Lipinski definition) is 1. The molecule has 510 valence electrons. The minimum absolute atomic E-state index is 0.180. The van der Waals surface area contributed by atoms with E-state index < -0.39 is 24.3 Å². The average Bonchev–Trinajstić information content (AvgIpc) is 3.54. The number of carbonyl (C=O) groups excluding carboxylic acids is 2. The van der Waals surface area contributed by atoms with E-state index in [1.807, 2.05) is 21.1 Å². The Labute approximate surface area is 544 Å². The lowest BCUT2D eigenvalue weighted by Crippen LogP contribution is -2.40. The Morgan fingerprint density at radius 2 is 0.648 bits per heavy atom. The van der Waals surface area contributed by atoms with Crippen LogP contribution in [-0.2, 0) is 33.3 Å². The van der Waals surface area contributed by atoms with Crippen LogP contribution in [0.1, 0.15) is 341 Å². The molecule has 0 aliphatic carbocycles. The van der Waals surface area contributed by atoms with Gasteiger partial charge < -0.3 is 28.5 Å². The van der Waals surface area contributed by atoms with Crippen LogP contribution in [0.25, 0.3) is 0 Å². The smallest absolute Gasteiger partial charge is 0.361 e. The second-order valence-electron chi connectivity index (χ2n) is 26.2. The van der Waals surface area contributed by atoms with Crippen molar-refractivity contribution in [2.45, 2.75) is 354 Å². The van der Waals surface area contributed by atoms with Crippen LogP contribution in [0, 0.1) is 0 Å². The van der Waals surface area contributed by atoms with Crippen molar-refractivity contribution in [3.63, 3.8) is 0 Å². The summed E-state index contributed by atoms with van der Waals surface area (Å²) in [5.41, 5.74) is 0. The van der Waals surface area contributed by atoms with Gasteiger partial charge in [-0.05, 0) is 70.6 Å². The summed E-state index contributed by atoms with van der Waals surface area (Å²) in [6, 6.07) is 0. The maximum absolute atomic E-state index is 13.0. The molecule has 0 aliphatic heterocycles. The van der Waals surface area contributed by atoms with E-state index in [1.54, 1.807) is 0 Å². The first-order chi connectivity index (χ1) is 43.1. The zero-order valence-corrected chi connectivity index (χ0v) is 58.4. The molecule has 0 saturated heterocycles. The molecule has 9 nitrogen and oxygen atoms in total. The quantitative estimate of drug-likeness (QED) is 0.0211. The molecule has 0 aromatic rings. The van der Waals surface area contributed by atoms with Crippen LogP contribution in [0.3, 0.4) is 0 Å². The molecule has 0 rings (SSSR count). The fourth-order valence-electron chi connectivity index (χ4n) is 10.8. The number of unbranched alkanes of at least 4 members (excludes halogenated alkanes) is 40. The van der Waals surface area contributed by atoms with Gasteiger partial charge in [-0.3, -0.25) is 9.59 Å². The molecule has 0 spiro atoms. The zero-order valence-electron chi connectivity index (χ0n) is 58.4. The summed E-state index contributed by atoms with van der Waals surface area (Å²) in [4.78, 5) is 37.7. The Bertz CT molecular complexity index is 1720. The molecule has 88 heavy (non-hydrogen) atoms. The molecule has 0 aromatic heterocycles. The lowest BCUT2D eigenvalue weighted by molar-refractivity contribution is -0.870. The van der Waals surface area contributed by atoms with Gasteiger partial charge in [-0.1, -0.05) is 343 Å². The van der Waals surface area contributed by atoms with Crippen molar-refractivity contribution in [3.05, 3.63) is 85.1 Å². The number of allylic oxidation sites excluding steroid dienone is 14. The topological polar surface area (TPSA) is 108 Å². The largest absolute Gasteiger partial charge is 0.477 e. The van der Waals surface area contributed by atoms with Crippen LogP contribution >= 0.6 is 0 Å². The summed E-state index contributed by atoms with van der Waals surface area (Å²) in [6.45, 7) is 4.82. The normalized spacial score (nSPS) is 13.1. The fraction of sp³-hybridized carbons (Fsp3) is 0.785. The van der Waals surface area contributed by atoms with Gasteiger partial charge in [0.05, 0.1) is 34.4 Å². The number of rotatable bonds is 69. The Kier molecular flexibility index (Phi) is 66.6. The minimum Gasteiger partial charge on any atom is -0.477 e. The van der Waals surface area contributed by atoms with E-state index in [9.17, 15) is 19.5 Å². The standard InChI is InChI=1S/C79H141NO8/c1-6-8-10-12-14-16-18-20-22-24-26-28-30-32-34-35-36-37-38-39-40-41-42-43-44-46-48-50-52-54-56-58-60-62-64-66-68-70-77(82)88-75(74-87-79(78(83)84)85-72-71-80(3,4)5)73-86-76(81)69-67-65-63-61-59-57-55-53-51-49-47-45-33-31-29-27-25-23-21-19-17-15-13-11-9-7-2/h8,10,14,16,20,22,26,28,32,34,36-37,39-40,75,79H,6-7,9,11-13,15,17-19,21,23-25,27,29-31,33,35,38,41-74H2,1-5H3/p+1/b10-8-,16-14-,22-20-,28-26-,34-32-,37-36-,40-39-. The molecule has 0 amide bonds. The van der Waals surface area contributed by atoms with Crippen LogP contribution in [0.5, 0.6) is 0 Å². The van der Waals surface area contributed by atoms with Crippen LogP contribution in [0.15, 0.2) is 85.1 Å². The zero-order chi connectivity index (χ0) is 64.0. The summed E-state index contributed by atoms with van der Waals surface area (Å²) in [5, 5.41) is 9.76. The Balaban J connectivity index is 4.06. The summed E-state index contributed by atoms with van der Waals surface area (Å²) < 4.78 is 23.0. The van der Waals surface area contributed by atoms with E-state index in [4.69, 9.17) is 18.9 Å². The van der Waals surface area contributed by atoms with E-state index in [2.05, 4.69) is 98.9 Å². The third-order valence-electron chi connectivity index (χ3n) is 16.4. The van der Waals surface area contributed by atoms with Gasteiger partial charge in [0.25, 0.3) is 6.29 Å². The van der Waals surface area contributed by atoms with E-state index in [0.717, 1.165) is 83.5 Å². The average molecular weight is 1230 g/mol. The summed E-state index contributed by atoms with van der Waals surface area (Å²) >= 11 is 0. The van der Waals surface area contributed by atoms with Gasteiger partial charge in [0, 0.05) is 12.8 Å². The molecular formula is C79H142NO8+. The molecule has 0 aromatic carbocycles. The Hall–Kier alpha value is -3.53. The molecule has 0 fully saturated rings. The van der Waals surface area contributed by atoms with Gasteiger partial charge in [0.1, 0.15) is 13.2 Å². The molecule has 2 atom stereocenters. The lowest BCUT2D eigenvalue weighted by Gasteiger charge is -2.25. The molecule has 0 aliphatic rings. The maximum atomic E-state index is 13.0. The molecule has 0 saturated carbocycles. The van der Waals surface area contributed by atoms with Crippen LogP contribution in [-0.4, -0.2) is 87.4 Å². The lowest BCUT2D eigenvalue weighted by atomic mass is 10.0. The molecule has 9 heteroatoms. The number of carboxylic acids is 1. The van der Waals surface area contributed by atoms with Crippen LogP contribution < -0.4 is 0 Å². The van der Waals surface area contributed by atoms with Gasteiger partial charge in [-0.2, -0.15) is 0 Å². The predicted molar refractivity (Wildman–Crippen MR) is 378 cm³/mol. The predicted octanol–water partition coefficient (Wildman–Crippen LogP) is 23.4. The first-order valence-corrected chi connectivity index (χ1v) is 37.3. The molecule has 0 radical (unpaired) electrons. The molecule has 1 N–H and O–H groups in total. The van der Waals surface area contributed by atoms with Gasteiger partial charge in [0.15, 0.2) is 6.10 Å². The van der Waals surface area contributed by atoms with Crippen LogP contribution in [0.2, 0.25) is 0 Å². The van der Waals surface area contributed by atoms with Crippen molar-refractivity contribution in [1.29, 1.82) is 0 Å². The summed E-state index contributed by atoms with van der Waals surface area (Å²) in [6.07, 6.45) is 91.4. The van der Waals surface area contributed by atoms with Crippen molar-refractivity contribution >= 4 is 17.9 Å². The number of nitrogens with zero attached hydrogens (tertiary/aromatic N) is 1. The maximum Gasteiger partial charge on any atom is 0.361 e. The number of ether oxygens (including phenoxy) is 4. The van der Waals surface area contributed by atoms with E-state index in [0.29, 0.717) is 17.4 Å². The van der Waals surface area contributed by atoms with Crippen molar-refractivity contribution in [3.8, 4) is 0 Å². The second kappa shape index (κ2) is 69.4. The minimum atomic E-state index is -1.51. The van der Waals surface area contributed by atoms with Crippen molar-refractivity contribution < 1.29 is 42.9 Å². The summed E-state index contributed by atoms with van der Waals surface area (Å²) in [7, 11) is 5.99.